The minimum atomic E-state index is 0.186. The predicted molar refractivity (Wildman–Crippen MR) is 78.5 cm³/mol. The van der Waals surface area contributed by atoms with Crippen LogP contribution in [0.15, 0.2) is 0 Å². The van der Waals surface area contributed by atoms with Gasteiger partial charge in [0.1, 0.15) is 0 Å². The van der Waals surface area contributed by atoms with E-state index < -0.39 is 0 Å². The zero-order chi connectivity index (χ0) is 13.5. The highest BCUT2D eigenvalue weighted by atomic mass is 16.1. The Hall–Kier alpha value is -0.570. The summed E-state index contributed by atoms with van der Waals surface area (Å²) in [4.78, 5) is 11.4. The van der Waals surface area contributed by atoms with Gasteiger partial charge in [-0.3, -0.25) is 4.79 Å². The first-order valence-electron chi connectivity index (χ1n) is 7.78. The first kappa shape index (κ1) is 17.4. The molecule has 0 aliphatic carbocycles. The van der Waals surface area contributed by atoms with Crippen molar-refractivity contribution in [2.75, 3.05) is 13.1 Å². The lowest BCUT2D eigenvalue weighted by molar-refractivity contribution is -0.121. The molecular weight excluding hydrogens is 224 g/mol. The fraction of sp³-hybridized carbons (Fsp3) is 0.933. The molecule has 0 unspecified atom stereocenters. The van der Waals surface area contributed by atoms with Gasteiger partial charge in [-0.25, -0.2) is 0 Å². The van der Waals surface area contributed by atoms with E-state index in [1.807, 2.05) is 0 Å². The van der Waals surface area contributed by atoms with Crippen molar-refractivity contribution in [1.82, 2.24) is 5.32 Å². The lowest BCUT2D eigenvalue weighted by Gasteiger charge is -2.04. The second-order valence-electron chi connectivity index (χ2n) is 5.07. The third-order valence-electron chi connectivity index (χ3n) is 3.21. The van der Waals surface area contributed by atoms with Crippen molar-refractivity contribution in [3.05, 3.63) is 0 Å². The number of amides is 1. The van der Waals surface area contributed by atoms with Crippen LogP contribution < -0.4 is 11.1 Å². The fourth-order valence-corrected chi connectivity index (χ4v) is 2.01. The van der Waals surface area contributed by atoms with Gasteiger partial charge >= 0.3 is 0 Å². The summed E-state index contributed by atoms with van der Waals surface area (Å²) in [5.74, 6) is 0.186. The molecule has 0 aliphatic heterocycles. The van der Waals surface area contributed by atoms with Gasteiger partial charge in [0.15, 0.2) is 0 Å². The molecule has 0 aliphatic rings. The van der Waals surface area contributed by atoms with E-state index in [4.69, 9.17) is 5.73 Å². The maximum Gasteiger partial charge on any atom is 0.219 e. The number of nitrogens with one attached hydrogen (secondary N) is 1. The van der Waals surface area contributed by atoms with Gasteiger partial charge in [0.2, 0.25) is 5.91 Å². The van der Waals surface area contributed by atoms with E-state index in [9.17, 15) is 4.79 Å². The monoisotopic (exact) mass is 256 g/mol. The number of hydrogen-bond acceptors (Lipinski definition) is 2. The Bertz CT molecular complexity index is 183. The van der Waals surface area contributed by atoms with Crippen LogP contribution in [0.1, 0.15) is 77.6 Å². The molecule has 108 valence electrons. The quantitative estimate of drug-likeness (QED) is 0.496. The number of hydrogen-bond donors (Lipinski definition) is 2. The van der Waals surface area contributed by atoms with Gasteiger partial charge in [-0.2, -0.15) is 0 Å². The Balaban J connectivity index is 3.08. The van der Waals surface area contributed by atoms with Crippen LogP contribution in [0.2, 0.25) is 0 Å². The van der Waals surface area contributed by atoms with Crippen LogP contribution in [-0.4, -0.2) is 19.0 Å². The largest absolute Gasteiger partial charge is 0.356 e. The van der Waals surface area contributed by atoms with E-state index in [0.29, 0.717) is 13.0 Å². The van der Waals surface area contributed by atoms with Crippen molar-refractivity contribution in [3.63, 3.8) is 0 Å². The molecule has 0 saturated heterocycles. The number of unbranched alkanes of at least 4 members (excludes halogenated alkanes) is 8. The van der Waals surface area contributed by atoms with E-state index in [1.54, 1.807) is 0 Å². The van der Waals surface area contributed by atoms with Gasteiger partial charge in [-0.05, 0) is 19.4 Å². The van der Waals surface area contributed by atoms with Crippen molar-refractivity contribution in [2.45, 2.75) is 77.6 Å². The van der Waals surface area contributed by atoms with Crippen LogP contribution in [0.3, 0.4) is 0 Å². The van der Waals surface area contributed by atoms with E-state index in [0.717, 1.165) is 19.4 Å². The van der Waals surface area contributed by atoms with Gasteiger partial charge < -0.3 is 11.1 Å². The third-order valence-corrected chi connectivity index (χ3v) is 3.21. The zero-order valence-electron chi connectivity index (χ0n) is 12.2. The average molecular weight is 256 g/mol. The van der Waals surface area contributed by atoms with Crippen LogP contribution in [0.4, 0.5) is 0 Å². The second kappa shape index (κ2) is 14.5. The summed E-state index contributed by atoms with van der Waals surface area (Å²) in [6, 6.07) is 0. The van der Waals surface area contributed by atoms with Crippen molar-refractivity contribution < 1.29 is 4.79 Å². The maximum atomic E-state index is 11.4. The molecule has 0 fully saturated rings. The molecule has 0 saturated carbocycles. The SMILES string of the molecule is CCCCCCCCCCCC(=O)NCCCN. The molecule has 0 aromatic rings. The summed E-state index contributed by atoms with van der Waals surface area (Å²) in [7, 11) is 0. The van der Waals surface area contributed by atoms with Gasteiger partial charge in [0, 0.05) is 13.0 Å². The van der Waals surface area contributed by atoms with Gasteiger partial charge in [-0.1, -0.05) is 58.3 Å². The highest BCUT2D eigenvalue weighted by molar-refractivity contribution is 5.75. The molecule has 0 aromatic carbocycles. The highest BCUT2D eigenvalue weighted by Gasteiger charge is 1.99. The minimum absolute atomic E-state index is 0.186. The molecule has 0 aromatic heterocycles. The van der Waals surface area contributed by atoms with Crippen molar-refractivity contribution in [1.29, 1.82) is 0 Å². The van der Waals surface area contributed by atoms with Crippen LogP contribution in [-0.2, 0) is 4.79 Å². The molecule has 3 nitrogen and oxygen atoms in total. The van der Waals surface area contributed by atoms with Gasteiger partial charge in [0.25, 0.3) is 0 Å². The molecule has 1 amide bonds. The molecule has 0 rings (SSSR count). The smallest absolute Gasteiger partial charge is 0.219 e. The normalized spacial score (nSPS) is 10.6. The maximum absolute atomic E-state index is 11.4. The van der Waals surface area contributed by atoms with Gasteiger partial charge in [0.05, 0.1) is 0 Å². The van der Waals surface area contributed by atoms with Crippen molar-refractivity contribution in [2.24, 2.45) is 5.73 Å². The van der Waals surface area contributed by atoms with Crippen molar-refractivity contribution >= 4 is 5.91 Å². The summed E-state index contributed by atoms with van der Waals surface area (Å²) in [5.41, 5.74) is 5.36. The third kappa shape index (κ3) is 13.5. The Morgan fingerprint density at radius 2 is 1.44 bits per heavy atom. The molecular formula is C15H32N2O. The van der Waals surface area contributed by atoms with Crippen LogP contribution in [0.5, 0.6) is 0 Å². The lowest BCUT2D eigenvalue weighted by Crippen LogP contribution is -2.25. The first-order valence-corrected chi connectivity index (χ1v) is 7.78. The summed E-state index contributed by atoms with van der Waals surface area (Å²) in [6.45, 7) is 3.63. The molecule has 3 N–H and O–H groups in total. The van der Waals surface area contributed by atoms with E-state index in [1.165, 1.54) is 51.4 Å². The second-order valence-corrected chi connectivity index (χ2v) is 5.07. The summed E-state index contributed by atoms with van der Waals surface area (Å²) in [6.07, 6.45) is 13.2. The van der Waals surface area contributed by atoms with E-state index in [-0.39, 0.29) is 5.91 Å². The molecule has 0 spiro atoms. The summed E-state index contributed by atoms with van der Waals surface area (Å²) >= 11 is 0. The first-order chi connectivity index (χ1) is 8.81. The molecule has 3 heteroatoms. The van der Waals surface area contributed by atoms with E-state index >= 15 is 0 Å². The average Bonchev–Trinajstić information content (AvgIpc) is 2.37. The highest BCUT2D eigenvalue weighted by Crippen LogP contribution is 2.10. The molecule has 0 bridgehead atoms. The Kier molecular flexibility index (Phi) is 14.0. The van der Waals surface area contributed by atoms with E-state index in [2.05, 4.69) is 12.2 Å². The fourth-order valence-electron chi connectivity index (χ4n) is 2.01. The number of carbonyl (C=O) groups is 1. The van der Waals surface area contributed by atoms with Gasteiger partial charge in [-0.15, -0.1) is 0 Å². The number of carbonyl (C=O) groups excluding carboxylic acids is 1. The van der Waals surface area contributed by atoms with Crippen LogP contribution in [0.25, 0.3) is 0 Å². The summed E-state index contributed by atoms with van der Waals surface area (Å²) < 4.78 is 0. The van der Waals surface area contributed by atoms with Crippen LogP contribution in [0, 0.1) is 0 Å². The van der Waals surface area contributed by atoms with Crippen LogP contribution >= 0.6 is 0 Å². The lowest BCUT2D eigenvalue weighted by atomic mass is 10.1. The summed E-state index contributed by atoms with van der Waals surface area (Å²) in [5, 5.41) is 2.89. The molecule has 18 heavy (non-hydrogen) atoms. The minimum Gasteiger partial charge on any atom is -0.356 e. The number of nitrogens with two attached hydrogens (primary N) is 1. The Morgan fingerprint density at radius 3 is 2.00 bits per heavy atom. The topological polar surface area (TPSA) is 55.1 Å². The molecule has 0 atom stereocenters. The zero-order valence-corrected chi connectivity index (χ0v) is 12.2. The Labute approximate surface area is 113 Å². The van der Waals surface area contributed by atoms with Crippen molar-refractivity contribution in [3.8, 4) is 0 Å². The molecule has 0 heterocycles. The number of rotatable bonds is 13. The molecule has 0 radical (unpaired) electrons. The Morgan fingerprint density at radius 1 is 0.889 bits per heavy atom. The standard InChI is InChI=1S/C15H32N2O/c1-2-3-4-5-6-7-8-9-10-12-15(18)17-14-11-13-16/h2-14,16H2,1H3,(H,17,18). The predicted octanol–water partition coefficient (Wildman–Crippen LogP) is 3.37.